The molecule has 0 aromatic carbocycles. The Morgan fingerprint density at radius 3 is 2.56 bits per heavy atom. The SMILES string of the molecule is NC(=O)c1ncc([N+](=O)[O-])c(Br)c1C(F)F. The molecule has 0 saturated carbocycles. The van der Waals surface area contributed by atoms with Gasteiger partial charge in [0.15, 0.2) is 0 Å². The van der Waals surface area contributed by atoms with E-state index in [1.165, 1.54) is 0 Å². The average Bonchev–Trinajstić information content (AvgIpc) is 2.15. The maximum absolute atomic E-state index is 12.6. The quantitative estimate of drug-likeness (QED) is 0.678. The first kappa shape index (κ1) is 12.4. The van der Waals surface area contributed by atoms with Gasteiger partial charge in [-0.3, -0.25) is 14.9 Å². The number of amides is 1. The van der Waals surface area contributed by atoms with Gasteiger partial charge in [0.05, 0.1) is 10.5 Å². The van der Waals surface area contributed by atoms with E-state index < -0.39 is 38.7 Å². The summed E-state index contributed by atoms with van der Waals surface area (Å²) in [5.41, 5.74) is 2.61. The van der Waals surface area contributed by atoms with Crippen molar-refractivity contribution in [3.8, 4) is 0 Å². The zero-order valence-corrected chi connectivity index (χ0v) is 9.07. The third-order valence-electron chi connectivity index (χ3n) is 1.68. The maximum Gasteiger partial charge on any atom is 0.302 e. The number of nitrogens with two attached hydrogens (primary N) is 1. The van der Waals surface area contributed by atoms with E-state index in [1.807, 2.05) is 0 Å². The lowest BCUT2D eigenvalue weighted by atomic mass is 10.2. The number of aromatic nitrogens is 1. The molecular formula is C7H4BrF2N3O3. The number of hydrogen-bond donors (Lipinski definition) is 1. The molecule has 2 N–H and O–H groups in total. The van der Waals surface area contributed by atoms with Gasteiger partial charge in [-0.15, -0.1) is 0 Å². The van der Waals surface area contributed by atoms with E-state index in [1.54, 1.807) is 0 Å². The predicted molar refractivity (Wildman–Crippen MR) is 52.1 cm³/mol. The van der Waals surface area contributed by atoms with Crippen molar-refractivity contribution in [2.24, 2.45) is 5.73 Å². The lowest BCUT2D eigenvalue weighted by Crippen LogP contribution is -2.17. The average molecular weight is 296 g/mol. The molecule has 9 heteroatoms. The van der Waals surface area contributed by atoms with Gasteiger partial charge in [0.1, 0.15) is 16.4 Å². The second-order valence-corrected chi connectivity index (χ2v) is 3.43. The molecule has 0 unspecified atom stereocenters. The number of nitro groups is 1. The fourth-order valence-electron chi connectivity index (χ4n) is 1.02. The van der Waals surface area contributed by atoms with Crippen molar-refractivity contribution in [3.63, 3.8) is 0 Å². The van der Waals surface area contributed by atoms with Crippen LogP contribution in [0.15, 0.2) is 10.7 Å². The summed E-state index contributed by atoms with van der Waals surface area (Å²) in [7, 11) is 0. The highest BCUT2D eigenvalue weighted by Gasteiger charge is 2.27. The van der Waals surface area contributed by atoms with Crippen LogP contribution in [0.25, 0.3) is 0 Å². The lowest BCUT2D eigenvalue weighted by Gasteiger charge is -2.07. The zero-order valence-electron chi connectivity index (χ0n) is 7.49. The Morgan fingerprint density at radius 1 is 1.62 bits per heavy atom. The molecule has 6 nitrogen and oxygen atoms in total. The molecule has 0 fully saturated rings. The Labute approximate surface area is 95.7 Å². The minimum absolute atomic E-state index is 0.490. The topological polar surface area (TPSA) is 99.1 Å². The molecule has 0 bridgehead atoms. The van der Waals surface area contributed by atoms with Crippen molar-refractivity contribution in [1.29, 1.82) is 0 Å². The van der Waals surface area contributed by atoms with Crippen LogP contribution in [0.2, 0.25) is 0 Å². The molecule has 1 aromatic rings. The third kappa shape index (κ3) is 2.13. The van der Waals surface area contributed by atoms with Gasteiger partial charge in [-0.25, -0.2) is 13.8 Å². The van der Waals surface area contributed by atoms with E-state index >= 15 is 0 Å². The number of rotatable bonds is 3. The molecule has 0 aliphatic heterocycles. The van der Waals surface area contributed by atoms with Gasteiger partial charge in [0.2, 0.25) is 0 Å². The molecule has 1 heterocycles. The van der Waals surface area contributed by atoms with Crippen molar-refractivity contribution in [3.05, 3.63) is 32.0 Å². The van der Waals surface area contributed by atoms with Crippen molar-refractivity contribution in [2.45, 2.75) is 6.43 Å². The van der Waals surface area contributed by atoms with Crippen molar-refractivity contribution in [1.82, 2.24) is 4.98 Å². The molecule has 86 valence electrons. The Bertz CT molecular complexity index is 466. The first-order valence-electron chi connectivity index (χ1n) is 3.77. The lowest BCUT2D eigenvalue weighted by molar-refractivity contribution is -0.386. The van der Waals surface area contributed by atoms with Gasteiger partial charge in [0, 0.05) is 0 Å². The molecule has 0 saturated heterocycles. The largest absolute Gasteiger partial charge is 0.364 e. The number of halogens is 3. The number of carbonyl (C=O) groups is 1. The highest BCUT2D eigenvalue weighted by molar-refractivity contribution is 9.10. The normalized spacial score (nSPS) is 10.5. The van der Waals surface area contributed by atoms with Crippen LogP contribution in [-0.2, 0) is 0 Å². The molecule has 0 atom stereocenters. The molecule has 16 heavy (non-hydrogen) atoms. The summed E-state index contributed by atoms with van der Waals surface area (Å²) >= 11 is 2.63. The van der Waals surface area contributed by atoms with Crippen LogP contribution in [0.3, 0.4) is 0 Å². The monoisotopic (exact) mass is 295 g/mol. The number of pyridine rings is 1. The first-order valence-corrected chi connectivity index (χ1v) is 4.56. The van der Waals surface area contributed by atoms with Gasteiger partial charge < -0.3 is 5.73 Å². The maximum atomic E-state index is 12.6. The first-order chi connectivity index (χ1) is 7.36. The summed E-state index contributed by atoms with van der Waals surface area (Å²) < 4.78 is 24.7. The van der Waals surface area contributed by atoms with E-state index in [-0.39, 0.29) is 0 Å². The summed E-state index contributed by atoms with van der Waals surface area (Å²) in [6, 6.07) is 0. The summed E-state index contributed by atoms with van der Waals surface area (Å²) in [6.07, 6.45) is -2.40. The number of hydrogen-bond acceptors (Lipinski definition) is 4. The molecule has 0 radical (unpaired) electrons. The number of nitrogens with zero attached hydrogens (tertiary/aromatic N) is 2. The summed E-state index contributed by atoms with van der Waals surface area (Å²) in [5.74, 6) is -1.18. The van der Waals surface area contributed by atoms with Gasteiger partial charge in [-0.05, 0) is 15.9 Å². The fourth-order valence-corrected chi connectivity index (χ4v) is 1.62. The molecular weight excluding hydrogens is 292 g/mol. The van der Waals surface area contributed by atoms with Gasteiger partial charge in [0.25, 0.3) is 12.3 Å². The van der Waals surface area contributed by atoms with Gasteiger partial charge in [-0.1, -0.05) is 0 Å². The summed E-state index contributed by atoms with van der Waals surface area (Å²) in [5, 5.41) is 10.5. The van der Waals surface area contributed by atoms with Crippen molar-refractivity contribution in [2.75, 3.05) is 0 Å². The Morgan fingerprint density at radius 2 is 2.19 bits per heavy atom. The van der Waals surface area contributed by atoms with E-state index in [2.05, 4.69) is 20.9 Å². The number of carbonyl (C=O) groups excluding carboxylic acids is 1. The molecule has 1 amide bonds. The number of primary amides is 1. The minimum Gasteiger partial charge on any atom is -0.364 e. The summed E-state index contributed by atoms with van der Waals surface area (Å²) in [6.45, 7) is 0. The molecule has 1 rings (SSSR count). The minimum atomic E-state index is -3.09. The molecule has 0 spiro atoms. The van der Waals surface area contributed by atoms with E-state index in [0.29, 0.717) is 6.20 Å². The standard InChI is InChI=1S/C7H4BrF2N3O3/c8-4-2(13(15)16)1-12-5(7(11)14)3(4)6(9)10/h1,6H,(H2,11,14). The van der Waals surface area contributed by atoms with E-state index in [0.717, 1.165) is 0 Å². The van der Waals surface area contributed by atoms with Gasteiger partial charge in [-0.2, -0.15) is 0 Å². The second kappa shape index (κ2) is 4.47. The second-order valence-electron chi connectivity index (χ2n) is 2.64. The van der Waals surface area contributed by atoms with Crippen LogP contribution in [0, 0.1) is 10.1 Å². The van der Waals surface area contributed by atoms with Gasteiger partial charge >= 0.3 is 5.69 Å². The molecule has 0 aliphatic carbocycles. The van der Waals surface area contributed by atoms with Crippen LogP contribution in [0.4, 0.5) is 14.5 Å². The van der Waals surface area contributed by atoms with Crippen LogP contribution in [-0.4, -0.2) is 15.8 Å². The van der Waals surface area contributed by atoms with E-state index in [9.17, 15) is 23.7 Å². The highest BCUT2D eigenvalue weighted by atomic mass is 79.9. The van der Waals surface area contributed by atoms with Crippen LogP contribution >= 0.6 is 15.9 Å². The summed E-state index contributed by atoms with van der Waals surface area (Å²) in [4.78, 5) is 23.6. The zero-order chi connectivity index (χ0) is 12.5. The van der Waals surface area contributed by atoms with Crippen LogP contribution in [0.1, 0.15) is 22.5 Å². The third-order valence-corrected chi connectivity index (χ3v) is 2.51. The van der Waals surface area contributed by atoms with Crippen LogP contribution < -0.4 is 5.73 Å². The predicted octanol–water partition coefficient (Wildman–Crippen LogP) is 1.79. The van der Waals surface area contributed by atoms with Crippen molar-refractivity contribution < 1.29 is 18.5 Å². The Balaban J connectivity index is 3.54. The highest BCUT2D eigenvalue weighted by Crippen LogP contribution is 2.35. The molecule has 1 aromatic heterocycles. The van der Waals surface area contributed by atoms with E-state index in [4.69, 9.17) is 5.73 Å². The van der Waals surface area contributed by atoms with Crippen molar-refractivity contribution >= 4 is 27.5 Å². The number of alkyl halides is 2. The smallest absolute Gasteiger partial charge is 0.302 e. The Kier molecular flexibility index (Phi) is 3.48. The Hall–Kier alpha value is -1.64. The van der Waals surface area contributed by atoms with Crippen LogP contribution in [0.5, 0.6) is 0 Å². The molecule has 0 aliphatic rings. The fraction of sp³-hybridized carbons (Fsp3) is 0.143.